The highest BCUT2D eigenvalue weighted by Crippen LogP contribution is 2.25. The highest BCUT2D eigenvalue weighted by atomic mass is 35.5. The van der Waals surface area contributed by atoms with Gasteiger partial charge >= 0.3 is 0 Å². The van der Waals surface area contributed by atoms with Crippen molar-refractivity contribution in [3.05, 3.63) is 59.2 Å². The van der Waals surface area contributed by atoms with Crippen molar-refractivity contribution in [2.45, 2.75) is 0 Å². The molecule has 7 nitrogen and oxygen atoms in total. The third-order valence-corrected chi connectivity index (χ3v) is 4.13. The number of carbonyl (C=O) groups is 1. The maximum atomic E-state index is 11.9. The topological polar surface area (TPSA) is 82.0 Å². The van der Waals surface area contributed by atoms with Crippen LogP contribution in [0.1, 0.15) is 5.56 Å². The van der Waals surface area contributed by atoms with Crippen molar-refractivity contribution in [3.63, 3.8) is 0 Å². The molecule has 3 aromatic rings. The van der Waals surface area contributed by atoms with Gasteiger partial charge in [0.2, 0.25) is 0 Å². The number of amides is 1. The molecular weight excluding hydrogens is 382 g/mol. The number of fused-ring (bicyclic) bond motifs is 1. The molecule has 0 radical (unpaired) electrons. The number of aromatic nitrogens is 1. The van der Waals surface area contributed by atoms with Crippen LogP contribution >= 0.6 is 11.6 Å². The van der Waals surface area contributed by atoms with Crippen LogP contribution in [0.3, 0.4) is 0 Å². The fourth-order valence-corrected chi connectivity index (χ4v) is 2.64. The average molecular weight is 400 g/mol. The lowest BCUT2D eigenvalue weighted by atomic mass is 10.1. The number of benzene rings is 2. The second kappa shape index (κ2) is 9.05. The van der Waals surface area contributed by atoms with Crippen molar-refractivity contribution in [1.82, 2.24) is 10.4 Å². The van der Waals surface area contributed by atoms with Gasteiger partial charge < -0.3 is 14.2 Å². The van der Waals surface area contributed by atoms with Crippen molar-refractivity contribution in [2.75, 3.05) is 20.8 Å². The summed E-state index contributed by atoms with van der Waals surface area (Å²) in [5.41, 5.74) is 3.67. The zero-order chi connectivity index (χ0) is 19.9. The van der Waals surface area contributed by atoms with Gasteiger partial charge in [-0.2, -0.15) is 5.10 Å². The van der Waals surface area contributed by atoms with E-state index in [0.29, 0.717) is 28.3 Å². The Kier molecular flexibility index (Phi) is 6.29. The van der Waals surface area contributed by atoms with Crippen LogP contribution in [0.2, 0.25) is 5.15 Å². The van der Waals surface area contributed by atoms with E-state index in [-0.39, 0.29) is 11.8 Å². The lowest BCUT2D eigenvalue weighted by molar-refractivity contribution is -0.123. The van der Waals surface area contributed by atoms with E-state index in [9.17, 15) is 4.79 Å². The number of nitrogens with one attached hydrogen (secondary N) is 1. The number of hydrogen-bond donors (Lipinski definition) is 1. The Bertz CT molecular complexity index is 1020. The van der Waals surface area contributed by atoms with Gasteiger partial charge in [-0.1, -0.05) is 23.7 Å². The summed E-state index contributed by atoms with van der Waals surface area (Å²) in [4.78, 5) is 16.2. The predicted octanol–water partition coefficient (Wildman–Crippen LogP) is 3.43. The molecule has 0 saturated heterocycles. The Labute approximate surface area is 166 Å². The normalized spacial score (nSPS) is 10.8. The fraction of sp³-hybridized carbons (Fsp3) is 0.150. The second-order valence-electron chi connectivity index (χ2n) is 5.66. The van der Waals surface area contributed by atoms with E-state index < -0.39 is 5.91 Å². The van der Waals surface area contributed by atoms with Gasteiger partial charge in [0, 0.05) is 17.0 Å². The largest absolute Gasteiger partial charge is 0.497 e. The molecule has 3 rings (SSSR count). The summed E-state index contributed by atoms with van der Waals surface area (Å²) < 4.78 is 15.8. The fourth-order valence-electron chi connectivity index (χ4n) is 2.44. The van der Waals surface area contributed by atoms with Crippen LogP contribution in [0.15, 0.2) is 53.6 Å². The maximum absolute atomic E-state index is 11.9. The van der Waals surface area contributed by atoms with Gasteiger partial charge in [0.05, 0.1) is 26.0 Å². The van der Waals surface area contributed by atoms with Crippen molar-refractivity contribution < 1.29 is 19.0 Å². The first-order valence-electron chi connectivity index (χ1n) is 8.32. The number of hydrogen-bond acceptors (Lipinski definition) is 6. The minimum Gasteiger partial charge on any atom is -0.497 e. The summed E-state index contributed by atoms with van der Waals surface area (Å²) in [6.45, 7) is -0.207. The zero-order valence-corrected chi connectivity index (χ0v) is 16.1. The maximum Gasteiger partial charge on any atom is 0.277 e. The van der Waals surface area contributed by atoms with Crippen LogP contribution < -0.4 is 19.6 Å². The third kappa shape index (κ3) is 4.69. The number of pyridine rings is 1. The Balaban J connectivity index is 1.62. The summed E-state index contributed by atoms with van der Waals surface area (Å²) in [7, 11) is 3.12. The van der Waals surface area contributed by atoms with E-state index in [1.165, 1.54) is 13.3 Å². The number of para-hydroxylation sites is 2. The third-order valence-electron chi connectivity index (χ3n) is 3.83. The molecule has 1 heterocycles. The van der Waals surface area contributed by atoms with E-state index in [4.69, 9.17) is 25.8 Å². The van der Waals surface area contributed by atoms with Crippen LogP contribution in [0, 0.1) is 0 Å². The highest BCUT2D eigenvalue weighted by molar-refractivity contribution is 6.32. The van der Waals surface area contributed by atoms with Gasteiger partial charge in [0.25, 0.3) is 5.91 Å². The number of carbonyl (C=O) groups excluding carboxylic acids is 1. The van der Waals surface area contributed by atoms with E-state index in [0.717, 1.165) is 5.39 Å². The number of nitrogens with zero attached hydrogens (tertiary/aromatic N) is 2. The molecule has 1 amide bonds. The number of hydrazone groups is 1. The highest BCUT2D eigenvalue weighted by Gasteiger charge is 2.07. The summed E-state index contributed by atoms with van der Waals surface area (Å²) in [6, 6.07) is 14.4. The minimum absolute atomic E-state index is 0.207. The minimum atomic E-state index is -0.420. The standard InChI is InChI=1S/C20H18ClN3O4/c1-26-15-8-7-13-9-14(20(21)23-16(13)10-15)11-22-24-19(25)12-28-18-6-4-3-5-17(18)27-2/h3-11H,12H2,1-2H3,(H,24,25). The van der Waals surface area contributed by atoms with Gasteiger partial charge in [0.15, 0.2) is 18.1 Å². The van der Waals surface area contributed by atoms with Crippen molar-refractivity contribution in [1.29, 1.82) is 0 Å². The molecule has 144 valence electrons. The van der Waals surface area contributed by atoms with Crippen LogP contribution in [0.4, 0.5) is 0 Å². The lowest BCUT2D eigenvalue weighted by Gasteiger charge is -2.09. The molecule has 0 aliphatic heterocycles. The monoisotopic (exact) mass is 399 g/mol. The van der Waals surface area contributed by atoms with Crippen molar-refractivity contribution >= 4 is 34.6 Å². The molecule has 0 spiro atoms. The van der Waals surface area contributed by atoms with E-state index in [1.807, 2.05) is 24.3 Å². The number of rotatable bonds is 7. The summed E-state index contributed by atoms with van der Waals surface area (Å²) in [5, 5.41) is 5.05. The van der Waals surface area contributed by atoms with E-state index >= 15 is 0 Å². The SMILES string of the molecule is COc1ccc2cc(C=NNC(=O)COc3ccccc3OC)c(Cl)nc2c1. The molecular formula is C20H18ClN3O4. The summed E-state index contributed by atoms with van der Waals surface area (Å²) in [6.07, 6.45) is 1.43. The average Bonchev–Trinajstić information content (AvgIpc) is 2.72. The molecule has 0 bridgehead atoms. The predicted molar refractivity (Wildman–Crippen MR) is 108 cm³/mol. The van der Waals surface area contributed by atoms with Gasteiger partial charge in [0.1, 0.15) is 10.9 Å². The first-order chi connectivity index (χ1) is 13.6. The van der Waals surface area contributed by atoms with Crippen molar-refractivity contribution in [2.24, 2.45) is 5.10 Å². The Morgan fingerprint density at radius 3 is 2.68 bits per heavy atom. The molecule has 0 atom stereocenters. The van der Waals surface area contributed by atoms with Crippen LogP contribution in [-0.2, 0) is 4.79 Å². The van der Waals surface area contributed by atoms with Crippen LogP contribution in [0.5, 0.6) is 17.2 Å². The molecule has 0 unspecified atom stereocenters. The lowest BCUT2D eigenvalue weighted by Crippen LogP contribution is -2.24. The molecule has 0 aliphatic carbocycles. The Morgan fingerprint density at radius 2 is 1.93 bits per heavy atom. The first-order valence-corrected chi connectivity index (χ1v) is 8.70. The summed E-state index contributed by atoms with van der Waals surface area (Å²) in [5.74, 6) is 1.29. The molecule has 0 saturated carbocycles. The number of halogens is 1. The van der Waals surface area contributed by atoms with E-state index in [2.05, 4.69) is 15.5 Å². The Hall–Kier alpha value is -3.32. The molecule has 28 heavy (non-hydrogen) atoms. The molecule has 1 N–H and O–H groups in total. The number of ether oxygens (including phenoxy) is 3. The van der Waals surface area contributed by atoms with Crippen LogP contribution in [0.25, 0.3) is 10.9 Å². The first kappa shape index (κ1) is 19.4. The molecule has 0 fully saturated rings. The zero-order valence-electron chi connectivity index (χ0n) is 15.3. The number of methoxy groups -OCH3 is 2. The molecule has 1 aromatic heterocycles. The van der Waals surface area contributed by atoms with E-state index in [1.54, 1.807) is 31.4 Å². The summed E-state index contributed by atoms with van der Waals surface area (Å²) >= 11 is 6.19. The van der Waals surface area contributed by atoms with Gasteiger partial charge in [-0.15, -0.1) is 0 Å². The Morgan fingerprint density at radius 1 is 1.14 bits per heavy atom. The van der Waals surface area contributed by atoms with Gasteiger partial charge in [-0.05, 0) is 30.3 Å². The quantitative estimate of drug-likeness (QED) is 0.374. The molecule has 2 aromatic carbocycles. The molecule has 0 aliphatic rings. The van der Waals surface area contributed by atoms with Crippen molar-refractivity contribution in [3.8, 4) is 17.2 Å². The van der Waals surface area contributed by atoms with Crippen LogP contribution in [-0.4, -0.2) is 37.9 Å². The second-order valence-corrected chi connectivity index (χ2v) is 6.02. The smallest absolute Gasteiger partial charge is 0.277 e. The van der Waals surface area contributed by atoms with Gasteiger partial charge in [-0.25, -0.2) is 10.4 Å². The van der Waals surface area contributed by atoms with Gasteiger partial charge in [-0.3, -0.25) is 4.79 Å². The molecule has 8 heteroatoms.